The van der Waals surface area contributed by atoms with Crippen molar-refractivity contribution in [3.63, 3.8) is 0 Å². The summed E-state index contributed by atoms with van der Waals surface area (Å²) in [7, 11) is 0. The Balaban J connectivity index is 2.68. The first-order valence-electron chi connectivity index (χ1n) is 5.68. The molecular formula is C14H10FNO4. The zero-order chi connectivity index (χ0) is 14.9. The molecule has 0 aliphatic carbocycles. The van der Waals surface area contributed by atoms with Crippen molar-refractivity contribution in [1.82, 2.24) is 0 Å². The molecule has 1 N–H and O–H groups in total. The van der Waals surface area contributed by atoms with Gasteiger partial charge in [0, 0.05) is 17.7 Å². The van der Waals surface area contributed by atoms with Crippen LogP contribution in [0.25, 0.3) is 11.1 Å². The van der Waals surface area contributed by atoms with Crippen LogP contribution in [0.5, 0.6) is 0 Å². The van der Waals surface area contributed by atoms with Crippen LogP contribution in [-0.2, 0) is 0 Å². The predicted octanol–water partition coefficient (Wildman–Crippen LogP) is 3.41. The fraction of sp³-hybridized carbons (Fsp3) is 0.0714. The van der Waals surface area contributed by atoms with Crippen molar-refractivity contribution in [2.24, 2.45) is 0 Å². The number of rotatable bonds is 3. The fourth-order valence-electron chi connectivity index (χ4n) is 1.88. The maximum Gasteiger partial charge on any atom is 0.336 e. The summed E-state index contributed by atoms with van der Waals surface area (Å²) in [5, 5.41) is 19.9. The Bertz CT molecular complexity index is 712. The van der Waals surface area contributed by atoms with E-state index in [0.717, 1.165) is 6.07 Å². The second-order valence-corrected chi connectivity index (χ2v) is 4.26. The largest absolute Gasteiger partial charge is 0.478 e. The van der Waals surface area contributed by atoms with Crippen LogP contribution in [0.1, 0.15) is 15.9 Å². The summed E-state index contributed by atoms with van der Waals surface area (Å²) in [6.45, 7) is 1.54. The Morgan fingerprint density at radius 3 is 2.50 bits per heavy atom. The molecule has 0 fully saturated rings. The molecule has 0 atom stereocenters. The number of carbonyl (C=O) groups is 1. The SMILES string of the molecule is Cc1cc(-c2cc([N+](=O)[O-])ccc2C(=O)O)ccc1F. The minimum atomic E-state index is -1.20. The van der Waals surface area contributed by atoms with Crippen molar-refractivity contribution in [1.29, 1.82) is 0 Å². The number of nitro benzene ring substituents is 1. The van der Waals surface area contributed by atoms with Crippen LogP contribution in [0.15, 0.2) is 36.4 Å². The molecule has 0 amide bonds. The monoisotopic (exact) mass is 275 g/mol. The van der Waals surface area contributed by atoms with Crippen LogP contribution in [-0.4, -0.2) is 16.0 Å². The van der Waals surface area contributed by atoms with Gasteiger partial charge in [-0.2, -0.15) is 0 Å². The van der Waals surface area contributed by atoms with Gasteiger partial charge in [0.15, 0.2) is 0 Å². The minimum Gasteiger partial charge on any atom is -0.478 e. The van der Waals surface area contributed by atoms with Gasteiger partial charge in [0.1, 0.15) is 5.82 Å². The normalized spacial score (nSPS) is 10.3. The van der Waals surface area contributed by atoms with Crippen molar-refractivity contribution in [3.8, 4) is 11.1 Å². The number of carboxylic acid groups (broad SMARTS) is 1. The van der Waals surface area contributed by atoms with E-state index >= 15 is 0 Å². The molecule has 0 saturated carbocycles. The average molecular weight is 275 g/mol. The molecule has 5 nitrogen and oxygen atoms in total. The first kappa shape index (κ1) is 13.7. The van der Waals surface area contributed by atoms with Crippen molar-refractivity contribution in [2.45, 2.75) is 6.92 Å². The molecule has 2 rings (SSSR count). The first-order chi connectivity index (χ1) is 9.40. The highest BCUT2D eigenvalue weighted by Gasteiger charge is 2.17. The number of aromatic carboxylic acids is 1. The molecule has 0 aromatic heterocycles. The van der Waals surface area contributed by atoms with Gasteiger partial charge >= 0.3 is 5.97 Å². The first-order valence-corrected chi connectivity index (χ1v) is 5.68. The summed E-state index contributed by atoms with van der Waals surface area (Å²) in [6.07, 6.45) is 0. The highest BCUT2D eigenvalue weighted by Crippen LogP contribution is 2.29. The number of aryl methyl sites for hydroxylation is 1. The smallest absolute Gasteiger partial charge is 0.336 e. The van der Waals surface area contributed by atoms with E-state index in [0.29, 0.717) is 11.1 Å². The van der Waals surface area contributed by atoms with E-state index < -0.39 is 16.7 Å². The number of halogens is 1. The van der Waals surface area contributed by atoms with Crippen LogP contribution in [0.4, 0.5) is 10.1 Å². The molecule has 0 aliphatic rings. The third kappa shape index (κ3) is 2.49. The fourth-order valence-corrected chi connectivity index (χ4v) is 1.88. The molecule has 0 spiro atoms. The molecule has 0 aliphatic heterocycles. The molecule has 2 aromatic carbocycles. The summed E-state index contributed by atoms with van der Waals surface area (Å²) in [6, 6.07) is 7.54. The van der Waals surface area contributed by atoms with Crippen LogP contribution >= 0.6 is 0 Å². The van der Waals surface area contributed by atoms with Crippen molar-refractivity contribution >= 4 is 11.7 Å². The number of nitro groups is 1. The number of non-ortho nitro benzene ring substituents is 1. The number of hydrogen-bond donors (Lipinski definition) is 1. The molecule has 6 heteroatoms. The molecule has 20 heavy (non-hydrogen) atoms. The van der Waals surface area contributed by atoms with E-state index in [1.807, 2.05) is 0 Å². The quantitative estimate of drug-likeness (QED) is 0.687. The zero-order valence-electron chi connectivity index (χ0n) is 10.5. The van der Waals surface area contributed by atoms with E-state index in [9.17, 15) is 19.3 Å². The Hall–Kier alpha value is -2.76. The zero-order valence-corrected chi connectivity index (χ0v) is 10.5. The molecule has 0 radical (unpaired) electrons. The predicted molar refractivity (Wildman–Crippen MR) is 70.2 cm³/mol. The van der Waals surface area contributed by atoms with E-state index in [1.54, 1.807) is 0 Å². The standard InChI is InChI=1S/C14H10FNO4/c1-8-6-9(2-5-13(8)15)12-7-10(16(19)20)3-4-11(12)14(17)18/h2-7H,1H3,(H,17,18). The minimum absolute atomic E-state index is 0.0680. The van der Waals surface area contributed by atoms with Gasteiger partial charge < -0.3 is 5.11 Å². The molecule has 102 valence electrons. The summed E-state index contributed by atoms with van der Waals surface area (Å²) in [5.41, 5.74) is 0.665. The number of benzene rings is 2. The van der Waals surface area contributed by atoms with E-state index in [4.69, 9.17) is 5.11 Å². The molecule has 0 unspecified atom stereocenters. The Kier molecular flexibility index (Phi) is 3.47. The van der Waals surface area contributed by atoms with Crippen molar-refractivity contribution in [2.75, 3.05) is 0 Å². The van der Waals surface area contributed by atoms with Gasteiger partial charge in [0.05, 0.1) is 10.5 Å². The van der Waals surface area contributed by atoms with E-state index in [1.165, 1.54) is 37.3 Å². The van der Waals surface area contributed by atoms with Gasteiger partial charge in [-0.25, -0.2) is 9.18 Å². The third-order valence-corrected chi connectivity index (χ3v) is 2.91. The molecule has 0 saturated heterocycles. The molecule has 0 bridgehead atoms. The summed E-state index contributed by atoms with van der Waals surface area (Å²) < 4.78 is 13.3. The lowest BCUT2D eigenvalue weighted by Gasteiger charge is -2.07. The highest BCUT2D eigenvalue weighted by molar-refractivity contribution is 5.96. The van der Waals surface area contributed by atoms with Crippen LogP contribution in [0.3, 0.4) is 0 Å². The average Bonchev–Trinajstić information content (AvgIpc) is 2.41. The van der Waals surface area contributed by atoms with Gasteiger partial charge in [0.2, 0.25) is 0 Å². The van der Waals surface area contributed by atoms with Gasteiger partial charge in [-0.1, -0.05) is 6.07 Å². The molecular weight excluding hydrogens is 265 g/mol. The van der Waals surface area contributed by atoms with Gasteiger partial charge in [-0.15, -0.1) is 0 Å². The second kappa shape index (κ2) is 5.08. The second-order valence-electron chi connectivity index (χ2n) is 4.26. The van der Waals surface area contributed by atoms with Crippen LogP contribution in [0.2, 0.25) is 0 Å². The van der Waals surface area contributed by atoms with Gasteiger partial charge in [-0.05, 0) is 36.2 Å². The van der Waals surface area contributed by atoms with Crippen LogP contribution in [0, 0.1) is 22.9 Å². The Labute approximate surface area is 113 Å². The summed E-state index contributed by atoms with van der Waals surface area (Å²) in [4.78, 5) is 21.4. The highest BCUT2D eigenvalue weighted by atomic mass is 19.1. The van der Waals surface area contributed by atoms with Gasteiger partial charge in [-0.3, -0.25) is 10.1 Å². The number of carboxylic acids is 1. The number of nitrogens with zero attached hydrogens (tertiary/aromatic N) is 1. The third-order valence-electron chi connectivity index (χ3n) is 2.91. The maximum atomic E-state index is 13.3. The lowest BCUT2D eigenvalue weighted by Crippen LogP contribution is -2.01. The van der Waals surface area contributed by atoms with Crippen molar-refractivity contribution in [3.05, 3.63) is 63.5 Å². The summed E-state index contributed by atoms with van der Waals surface area (Å²) in [5.74, 6) is -1.62. The van der Waals surface area contributed by atoms with E-state index in [2.05, 4.69) is 0 Å². The number of hydrogen-bond acceptors (Lipinski definition) is 3. The lowest BCUT2D eigenvalue weighted by molar-refractivity contribution is -0.384. The van der Waals surface area contributed by atoms with Crippen LogP contribution < -0.4 is 0 Å². The van der Waals surface area contributed by atoms with E-state index in [-0.39, 0.29) is 16.8 Å². The molecule has 2 aromatic rings. The Morgan fingerprint density at radius 1 is 1.25 bits per heavy atom. The maximum absolute atomic E-state index is 13.3. The Morgan fingerprint density at radius 2 is 1.95 bits per heavy atom. The lowest BCUT2D eigenvalue weighted by atomic mass is 9.97. The topological polar surface area (TPSA) is 80.4 Å². The summed E-state index contributed by atoms with van der Waals surface area (Å²) >= 11 is 0. The molecule has 0 heterocycles. The van der Waals surface area contributed by atoms with Gasteiger partial charge in [0.25, 0.3) is 5.69 Å². The van der Waals surface area contributed by atoms with Crippen molar-refractivity contribution < 1.29 is 19.2 Å².